The summed E-state index contributed by atoms with van der Waals surface area (Å²) in [4.78, 5) is 4.18. The molecule has 2 heterocycles. The topological polar surface area (TPSA) is 43.6 Å². The zero-order valence-electron chi connectivity index (χ0n) is 12.7. The van der Waals surface area contributed by atoms with E-state index in [1.165, 1.54) is 0 Å². The molecule has 5 heteroatoms. The Morgan fingerprint density at radius 3 is 2.58 bits per heavy atom. The molecule has 4 nitrogen and oxygen atoms in total. The van der Waals surface area contributed by atoms with E-state index in [9.17, 15) is 0 Å². The molecule has 0 aliphatic carbocycles. The Morgan fingerprint density at radius 1 is 0.958 bits per heavy atom. The van der Waals surface area contributed by atoms with Gasteiger partial charge in [0.1, 0.15) is 5.52 Å². The second kappa shape index (κ2) is 6.26. The van der Waals surface area contributed by atoms with Crippen LogP contribution in [0.1, 0.15) is 11.1 Å². The standard InChI is InChI=1S/C19H13ClN4/c20-16-9-7-15(8-10-16)19(12-14-4-3-11-21-13-14)24-18-6-2-1-5-17(18)22-23-24/h1-13H. The molecule has 0 fully saturated rings. The molecule has 2 aromatic carbocycles. The van der Waals surface area contributed by atoms with Crippen molar-refractivity contribution in [3.05, 3.63) is 89.2 Å². The molecule has 0 unspecified atom stereocenters. The van der Waals surface area contributed by atoms with Gasteiger partial charge in [-0.25, -0.2) is 4.68 Å². The summed E-state index contributed by atoms with van der Waals surface area (Å²) in [7, 11) is 0. The fourth-order valence-corrected chi connectivity index (χ4v) is 2.68. The number of hydrogen-bond acceptors (Lipinski definition) is 3. The molecule has 116 valence electrons. The third-order valence-corrected chi connectivity index (χ3v) is 3.96. The van der Waals surface area contributed by atoms with Gasteiger partial charge in [-0.1, -0.05) is 47.1 Å². The van der Waals surface area contributed by atoms with Crippen LogP contribution in [0.25, 0.3) is 22.8 Å². The van der Waals surface area contributed by atoms with E-state index in [4.69, 9.17) is 11.6 Å². The molecule has 0 spiro atoms. The molecule has 0 aliphatic rings. The Morgan fingerprint density at radius 2 is 1.79 bits per heavy atom. The van der Waals surface area contributed by atoms with Crippen molar-refractivity contribution < 1.29 is 0 Å². The number of pyridine rings is 1. The van der Waals surface area contributed by atoms with Gasteiger partial charge in [-0.2, -0.15) is 0 Å². The minimum absolute atomic E-state index is 0.697. The van der Waals surface area contributed by atoms with Crippen LogP contribution in [0, 0.1) is 0 Å². The maximum Gasteiger partial charge on any atom is 0.113 e. The summed E-state index contributed by atoms with van der Waals surface area (Å²) in [6.45, 7) is 0. The van der Waals surface area contributed by atoms with Crippen molar-refractivity contribution in [2.24, 2.45) is 0 Å². The number of aromatic nitrogens is 4. The number of halogens is 1. The number of benzene rings is 2. The molecule has 0 aliphatic heterocycles. The van der Waals surface area contributed by atoms with Crippen LogP contribution >= 0.6 is 11.6 Å². The van der Waals surface area contributed by atoms with E-state index in [1.807, 2.05) is 77.6 Å². The van der Waals surface area contributed by atoms with Gasteiger partial charge in [0.05, 0.1) is 11.2 Å². The predicted molar refractivity (Wildman–Crippen MR) is 96.5 cm³/mol. The third kappa shape index (κ3) is 2.79. The van der Waals surface area contributed by atoms with Gasteiger partial charge in [-0.15, -0.1) is 5.10 Å². The van der Waals surface area contributed by atoms with E-state index < -0.39 is 0 Å². The lowest BCUT2D eigenvalue weighted by Gasteiger charge is -2.09. The van der Waals surface area contributed by atoms with Gasteiger partial charge in [0.2, 0.25) is 0 Å². The maximum atomic E-state index is 6.03. The molecule has 4 rings (SSSR count). The van der Waals surface area contributed by atoms with Crippen LogP contribution in [0.15, 0.2) is 73.1 Å². The van der Waals surface area contributed by atoms with Crippen LogP contribution in [0.5, 0.6) is 0 Å². The zero-order valence-corrected chi connectivity index (χ0v) is 13.4. The Bertz CT molecular complexity index is 1000. The number of nitrogens with zero attached hydrogens (tertiary/aromatic N) is 4. The number of fused-ring (bicyclic) bond motifs is 1. The molecule has 0 amide bonds. The highest BCUT2D eigenvalue weighted by Gasteiger charge is 2.11. The highest BCUT2D eigenvalue weighted by atomic mass is 35.5. The van der Waals surface area contributed by atoms with Crippen molar-refractivity contribution in [1.82, 2.24) is 20.0 Å². The zero-order chi connectivity index (χ0) is 16.4. The Balaban J connectivity index is 1.93. The first kappa shape index (κ1) is 14.6. The number of hydrogen-bond donors (Lipinski definition) is 0. The summed E-state index contributed by atoms with van der Waals surface area (Å²) in [6, 6.07) is 19.5. The second-order valence-electron chi connectivity index (χ2n) is 5.31. The molecule has 0 N–H and O–H groups in total. The van der Waals surface area contributed by atoms with Crippen LogP contribution in [0.2, 0.25) is 5.02 Å². The van der Waals surface area contributed by atoms with E-state index in [2.05, 4.69) is 15.3 Å². The first-order chi connectivity index (χ1) is 11.8. The van der Waals surface area contributed by atoms with Gasteiger partial charge < -0.3 is 0 Å². The Kier molecular flexibility index (Phi) is 3.81. The Labute approximate surface area is 144 Å². The van der Waals surface area contributed by atoms with Gasteiger partial charge in [0, 0.05) is 23.0 Å². The van der Waals surface area contributed by atoms with E-state index in [-0.39, 0.29) is 0 Å². The fourth-order valence-electron chi connectivity index (χ4n) is 2.55. The van der Waals surface area contributed by atoms with Crippen molar-refractivity contribution in [1.29, 1.82) is 0 Å². The largest absolute Gasteiger partial charge is 0.264 e. The van der Waals surface area contributed by atoms with E-state index >= 15 is 0 Å². The minimum atomic E-state index is 0.697. The van der Waals surface area contributed by atoms with Crippen molar-refractivity contribution in [2.75, 3.05) is 0 Å². The molecule has 0 atom stereocenters. The lowest BCUT2D eigenvalue weighted by Crippen LogP contribution is -2.01. The average molecular weight is 333 g/mol. The molecule has 4 aromatic rings. The van der Waals surface area contributed by atoms with Crippen molar-refractivity contribution >= 4 is 34.4 Å². The summed E-state index contributed by atoms with van der Waals surface area (Å²) < 4.78 is 1.84. The lowest BCUT2D eigenvalue weighted by molar-refractivity contribution is 0.843. The summed E-state index contributed by atoms with van der Waals surface area (Å²) in [5, 5.41) is 9.29. The monoisotopic (exact) mass is 332 g/mol. The van der Waals surface area contributed by atoms with E-state index in [0.717, 1.165) is 27.9 Å². The summed E-state index contributed by atoms with van der Waals surface area (Å²) in [6.07, 6.45) is 5.61. The van der Waals surface area contributed by atoms with E-state index in [0.29, 0.717) is 5.02 Å². The van der Waals surface area contributed by atoms with Gasteiger partial charge in [0.25, 0.3) is 0 Å². The Hall–Kier alpha value is -2.98. The van der Waals surface area contributed by atoms with Gasteiger partial charge in [-0.3, -0.25) is 4.98 Å². The third-order valence-electron chi connectivity index (χ3n) is 3.71. The van der Waals surface area contributed by atoms with E-state index in [1.54, 1.807) is 6.20 Å². The van der Waals surface area contributed by atoms with Crippen LogP contribution in [-0.2, 0) is 0 Å². The first-order valence-electron chi connectivity index (χ1n) is 7.50. The van der Waals surface area contributed by atoms with Crippen LogP contribution in [0.3, 0.4) is 0 Å². The summed E-state index contributed by atoms with van der Waals surface area (Å²) in [5.41, 5.74) is 4.69. The minimum Gasteiger partial charge on any atom is -0.264 e. The number of para-hydroxylation sites is 1. The van der Waals surface area contributed by atoms with Crippen molar-refractivity contribution in [3.63, 3.8) is 0 Å². The molecule has 0 saturated heterocycles. The molecule has 0 bridgehead atoms. The molecule has 0 saturated carbocycles. The first-order valence-corrected chi connectivity index (χ1v) is 7.87. The molecular formula is C19H13ClN4. The van der Waals surface area contributed by atoms with Gasteiger partial charge >= 0.3 is 0 Å². The second-order valence-corrected chi connectivity index (χ2v) is 5.75. The van der Waals surface area contributed by atoms with Gasteiger partial charge in [-0.05, 0) is 42.0 Å². The SMILES string of the molecule is Clc1ccc(C(=Cc2cccnc2)n2nnc3ccccc32)cc1. The smallest absolute Gasteiger partial charge is 0.113 e. The quantitative estimate of drug-likeness (QED) is 0.553. The lowest BCUT2D eigenvalue weighted by atomic mass is 10.1. The predicted octanol–water partition coefficient (Wildman–Crippen LogP) is 4.53. The van der Waals surface area contributed by atoms with Gasteiger partial charge in [0.15, 0.2) is 0 Å². The van der Waals surface area contributed by atoms with Crippen molar-refractivity contribution in [3.8, 4) is 0 Å². The van der Waals surface area contributed by atoms with Crippen molar-refractivity contribution in [2.45, 2.75) is 0 Å². The van der Waals surface area contributed by atoms with Crippen LogP contribution in [-0.4, -0.2) is 20.0 Å². The van der Waals surface area contributed by atoms with Crippen LogP contribution < -0.4 is 0 Å². The maximum absolute atomic E-state index is 6.03. The molecule has 24 heavy (non-hydrogen) atoms. The highest BCUT2D eigenvalue weighted by Crippen LogP contribution is 2.24. The average Bonchev–Trinajstić information content (AvgIpc) is 3.05. The fraction of sp³-hybridized carbons (Fsp3) is 0. The highest BCUT2D eigenvalue weighted by molar-refractivity contribution is 6.30. The normalized spacial score (nSPS) is 11.8. The molecule has 2 aromatic heterocycles. The summed E-state index contributed by atoms with van der Waals surface area (Å²) in [5.74, 6) is 0. The number of rotatable bonds is 3. The summed E-state index contributed by atoms with van der Waals surface area (Å²) >= 11 is 6.03. The molecule has 0 radical (unpaired) electrons. The van der Waals surface area contributed by atoms with Crippen LogP contribution in [0.4, 0.5) is 0 Å². The molecular weight excluding hydrogens is 320 g/mol.